The molecule has 2 atom stereocenters. The minimum absolute atomic E-state index is 0.0148. The lowest BCUT2D eigenvalue weighted by Crippen LogP contribution is -2.39. The van der Waals surface area contributed by atoms with Crippen LogP contribution in [0, 0.1) is 12.8 Å². The topological polar surface area (TPSA) is 43.8 Å². The van der Waals surface area contributed by atoms with Gasteiger partial charge in [0.1, 0.15) is 0 Å². The van der Waals surface area contributed by atoms with E-state index in [-0.39, 0.29) is 5.54 Å². The van der Waals surface area contributed by atoms with Gasteiger partial charge in [-0.15, -0.1) is 0 Å². The SMILES string of the molecule is CCC1CCC(N)(Cc2cc(C)nn2C)C1. The Bertz CT molecular complexity index is 369. The molecule has 0 spiro atoms. The van der Waals surface area contributed by atoms with Crippen molar-refractivity contribution >= 4 is 0 Å². The van der Waals surface area contributed by atoms with Gasteiger partial charge in [-0.05, 0) is 38.2 Å². The molecule has 2 rings (SSSR count). The maximum absolute atomic E-state index is 6.49. The van der Waals surface area contributed by atoms with E-state index in [0.29, 0.717) is 0 Å². The largest absolute Gasteiger partial charge is 0.325 e. The zero-order valence-corrected chi connectivity index (χ0v) is 10.7. The first kappa shape index (κ1) is 11.6. The molecule has 3 nitrogen and oxygen atoms in total. The van der Waals surface area contributed by atoms with Gasteiger partial charge in [-0.3, -0.25) is 4.68 Å². The maximum Gasteiger partial charge on any atom is 0.0596 e. The number of hydrogen-bond acceptors (Lipinski definition) is 2. The monoisotopic (exact) mass is 221 g/mol. The zero-order chi connectivity index (χ0) is 11.8. The molecule has 0 aliphatic heterocycles. The van der Waals surface area contributed by atoms with Gasteiger partial charge in [-0.2, -0.15) is 5.10 Å². The summed E-state index contributed by atoms with van der Waals surface area (Å²) in [6.07, 6.45) is 5.87. The molecule has 2 unspecified atom stereocenters. The summed E-state index contributed by atoms with van der Waals surface area (Å²) in [5.41, 5.74) is 8.87. The van der Waals surface area contributed by atoms with Crippen LogP contribution in [0.15, 0.2) is 6.07 Å². The molecule has 1 heterocycles. The Labute approximate surface area is 98.0 Å². The summed E-state index contributed by atoms with van der Waals surface area (Å²) in [4.78, 5) is 0. The van der Waals surface area contributed by atoms with E-state index in [0.717, 1.165) is 24.5 Å². The van der Waals surface area contributed by atoms with Gasteiger partial charge in [0, 0.05) is 24.7 Å². The molecule has 1 saturated carbocycles. The van der Waals surface area contributed by atoms with Crippen LogP contribution in [0.2, 0.25) is 0 Å². The Hall–Kier alpha value is -0.830. The average Bonchev–Trinajstić information content (AvgIpc) is 2.72. The maximum atomic E-state index is 6.49. The Morgan fingerprint density at radius 2 is 2.38 bits per heavy atom. The van der Waals surface area contributed by atoms with Crippen molar-refractivity contribution in [2.75, 3.05) is 0 Å². The van der Waals surface area contributed by atoms with E-state index >= 15 is 0 Å². The van der Waals surface area contributed by atoms with Gasteiger partial charge in [0.25, 0.3) is 0 Å². The third-order valence-corrected chi connectivity index (χ3v) is 3.96. The van der Waals surface area contributed by atoms with Gasteiger partial charge >= 0.3 is 0 Å². The molecule has 16 heavy (non-hydrogen) atoms. The lowest BCUT2D eigenvalue weighted by molar-refractivity contribution is 0.397. The predicted molar refractivity (Wildman–Crippen MR) is 66.2 cm³/mol. The number of aromatic nitrogens is 2. The predicted octanol–water partition coefficient (Wildman–Crippen LogP) is 2.18. The fourth-order valence-electron chi connectivity index (χ4n) is 2.97. The van der Waals surface area contributed by atoms with Crippen LogP contribution in [-0.2, 0) is 13.5 Å². The highest BCUT2D eigenvalue weighted by Crippen LogP contribution is 2.36. The van der Waals surface area contributed by atoms with Crippen molar-refractivity contribution in [3.05, 3.63) is 17.5 Å². The van der Waals surface area contributed by atoms with E-state index in [4.69, 9.17) is 5.73 Å². The summed E-state index contributed by atoms with van der Waals surface area (Å²) in [6, 6.07) is 2.16. The number of hydrogen-bond donors (Lipinski definition) is 1. The van der Waals surface area contributed by atoms with E-state index < -0.39 is 0 Å². The van der Waals surface area contributed by atoms with Crippen molar-refractivity contribution in [1.82, 2.24) is 9.78 Å². The van der Waals surface area contributed by atoms with Gasteiger partial charge in [0.05, 0.1) is 5.69 Å². The van der Waals surface area contributed by atoms with E-state index in [1.54, 1.807) is 0 Å². The van der Waals surface area contributed by atoms with Crippen LogP contribution in [0.1, 0.15) is 44.0 Å². The molecule has 1 fully saturated rings. The first-order valence-electron chi connectivity index (χ1n) is 6.31. The molecule has 3 heteroatoms. The molecule has 0 bridgehead atoms. The quantitative estimate of drug-likeness (QED) is 0.850. The first-order chi connectivity index (χ1) is 7.52. The van der Waals surface area contributed by atoms with Crippen molar-refractivity contribution in [2.24, 2.45) is 18.7 Å². The second-order valence-corrected chi connectivity index (χ2v) is 5.46. The van der Waals surface area contributed by atoms with Crippen LogP contribution >= 0.6 is 0 Å². The third kappa shape index (κ3) is 2.29. The van der Waals surface area contributed by atoms with Crippen LogP contribution in [0.4, 0.5) is 0 Å². The smallest absolute Gasteiger partial charge is 0.0596 e. The molecule has 1 aromatic rings. The first-order valence-corrected chi connectivity index (χ1v) is 6.31. The minimum atomic E-state index is 0.0148. The number of rotatable bonds is 3. The van der Waals surface area contributed by atoms with Crippen LogP contribution in [-0.4, -0.2) is 15.3 Å². The number of nitrogens with two attached hydrogens (primary N) is 1. The zero-order valence-electron chi connectivity index (χ0n) is 10.7. The fourth-order valence-corrected chi connectivity index (χ4v) is 2.97. The van der Waals surface area contributed by atoms with Crippen molar-refractivity contribution in [2.45, 2.75) is 51.5 Å². The van der Waals surface area contributed by atoms with E-state index in [1.165, 1.54) is 25.0 Å². The third-order valence-electron chi connectivity index (χ3n) is 3.96. The molecule has 0 saturated heterocycles. The van der Waals surface area contributed by atoms with Gasteiger partial charge in [-0.25, -0.2) is 0 Å². The number of aryl methyl sites for hydroxylation is 2. The van der Waals surface area contributed by atoms with Gasteiger partial charge in [0.15, 0.2) is 0 Å². The number of nitrogens with zero attached hydrogens (tertiary/aromatic N) is 2. The lowest BCUT2D eigenvalue weighted by atomic mass is 9.91. The molecule has 0 amide bonds. The second-order valence-electron chi connectivity index (χ2n) is 5.46. The Morgan fingerprint density at radius 1 is 1.62 bits per heavy atom. The molecule has 2 N–H and O–H groups in total. The highest BCUT2D eigenvalue weighted by Gasteiger charge is 2.35. The Balaban J connectivity index is 2.07. The Kier molecular flexibility index (Phi) is 3.06. The molecule has 1 aliphatic rings. The van der Waals surface area contributed by atoms with Crippen molar-refractivity contribution in [3.63, 3.8) is 0 Å². The van der Waals surface area contributed by atoms with Crippen molar-refractivity contribution < 1.29 is 0 Å². The normalized spacial score (nSPS) is 29.9. The fraction of sp³-hybridized carbons (Fsp3) is 0.769. The molecule has 0 radical (unpaired) electrons. The average molecular weight is 221 g/mol. The highest BCUT2D eigenvalue weighted by atomic mass is 15.3. The summed E-state index contributed by atoms with van der Waals surface area (Å²) in [5, 5.41) is 4.38. The summed E-state index contributed by atoms with van der Waals surface area (Å²) in [7, 11) is 2.01. The van der Waals surface area contributed by atoms with Gasteiger partial charge < -0.3 is 5.73 Å². The van der Waals surface area contributed by atoms with Crippen molar-refractivity contribution in [3.8, 4) is 0 Å². The van der Waals surface area contributed by atoms with Gasteiger partial charge in [-0.1, -0.05) is 13.3 Å². The van der Waals surface area contributed by atoms with Crippen molar-refractivity contribution in [1.29, 1.82) is 0 Å². The van der Waals surface area contributed by atoms with Crippen LogP contribution in [0.5, 0.6) is 0 Å². The standard InChI is InChI=1S/C13H23N3/c1-4-11-5-6-13(14,8-11)9-12-7-10(2)15-16(12)3/h7,11H,4-6,8-9,14H2,1-3H3. The molecule has 1 aromatic heterocycles. The van der Waals surface area contributed by atoms with Crippen LogP contribution in [0.25, 0.3) is 0 Å². The highest BCUT2D eigenvalue weighted by molar-refractivity contribution is 5.13. The minimum Gasteiger partial charge on any atom is -0.325 e. The van der Waals surface area contributed by atoms with Crippen LogP contribution < -0.4 is 5.73 Å². The van der Waals surface area contributed by atoms with E-state index in [1.807, 2.05) is 18.7 Å². The molecular weight excluding hydrogens is 198 g/mol. The summed E-state index contributed by atoms with van der Waals surface area (Å²) < 4.78 is 1.98. The lowest BCUT2D eigenvalue weighted by Gasteiger charge is -2.24. The summed E-state index contributed by atoms with van der Waals surface area (Å²) in [5.74, 6) is 0.833. The summed E-state index contributed by atoms with van der Waals surface area (Å²) >= 11 is 0. The molecular formula is C13H23N3. The molecule has 0 aromatic carbocycles. The van der Waals surface area contributed by atoms with E-state index in [9.17, 15) is 0 Å². The van der Waals surface area contributed by atoms with Crippen LogP contribution in [0.3, 0.4) is 0 Å². The summed E-state index contributed by atoms with van der Waals surface area (Å²) in [6.45, 7) is 4.31. The van der Waals surface area contributed by atoms with E-state index in [2.05, 4.69) is 18.1 Å². The molecule has 90 valence electrons. The molecule has 1 aliphatic carbocycles. The Morgan fingerprint density at radius 3 is 2.88 bits per heavy atom. The second kappa shape index (κ2) is 4.21. The van der Waals surface area contributed by atoms with Gasteiger partial charge in [0.2, 0.25) is 0 Å².